The lowest BCUT2D eigenvalue weighted by molar-refractivity contribution is -0.136. The van der Waals surface area contributed by atoms with Gasteiger partial charge in [0.15, 0.2) is 0 Å². The number of carbonyl (C=O) groups excluding carboxylic acids is 2. The molecule has 122 valence electrons. The van der Waals surface area contributed by atoms with Gasteiger partial charge in [0.05, 0.1) is 12.8 Å². The van der Waals surface area contributed by atoms with Gasteiger partial charge in [-0.3, -0.25) is 9.59 Å². The molecule has 23 heavy (non-hydrogen) atoms. The molecule has 0 spiro atoms. The van der Waals surface area contributed by atoms with Crippen LogP contribution in [0.2, 0.25) is 0 Å². The van der Waals surface area contributed by atoms with E-state index in [0.717, 1.165) is 11.1 Å². The van der Waals surface area contributed by atoms with E-state index >= 15 is 0 Å². The van der Waals surface area contributed by atoms with Gasteiger partial charge in [-0.1, -0.05) is 12.1 Å². The molecule has 3 N–H and O–H groups in total. The van der Waals surface area contributed by atoms with E-state index in [1.807, 2.05) is 19.9 Å². The van der Waals surface area contributed by atoms with Gasteiger partial charge in [0.2, 0.25) is 0 Å². The van der Waals surface area contributed by atoms with Crippen LogP contribution in [0.15, 0.2) is 41.0 Å². The Labute approximate surface area is 134 Å². The Morgan fingerprint density at radius 2 is 1.91 bits per heavy atom. The van der Waals surface area contributed by atoms with Crippen LogP contribution in [-0.4, -0.2) is 23.5 Å². The lowest BCUT2D eigenvalue weighted by Gasteiger charge is -2.21. The number of amides is 2. The first-order valence-electron chi connectivity index (χ1n) is 7.23. The third-order valence-corrected chi connectivity index (χ3v) is 3.70. The van der Waals surface area contributed by atoms with E-state index in [2.05, 4.69) is 10.6 Å². The molecule has 2 rings (SSSR count). The number of aryl methyl sites for hydroxylation is 1. The molecule has 0 aliphatic rings. The standard InChI is InChI=1S/C17H20N2O4/c1-11-6-4-7-13(12(11)2)19-16(21)15(20)18-10-17(3,22)14-8-5-9-23-14/h4-9,22H,10H2,1-3H3,(H,18,20)(H,19,21). The molecule has 1 unspecified atom stereocenters. The molecular weight excluding hydrogens is 296 g/mol. The lowest BCUT2D eigenvalue weighted by atomic mass is 10.0. The van der Waals surface area contributed by atoms with Crippen LogP contribution in [0.25, 0.3) is 0 Å². The van der Waals surface area contributed by atoms with Crippen molar-refractivity contribution in [2.45, 2.75) is 26.4 Å². The minimum absolute atomic E-state index is 0.139. The Kier molecular flexibility index (Phi) is 4.86. The number of hydrogen-bond donors (Lipinski definition) is 3. The van der Waals surface area contributed by atoms with Gasteiger partial charge in [0, 0.05) is 5.69 Å². The van der Waals surface area contributed by atoms with Crippen molar-refractivity contribution in [2.24, 2.45) is 0 Å². The van der Waals surface area contributed by atoms with E-state index in [-0.39, 0.29) is 6.54 Å². The van der Waals surface area contributed by atoms with Crippen molar-refractivity contribution in [2.75, 3.05) is 11.9 Å². The fraction of sp³-hybridized carbons (Fsp3) is 0.294. The Morgan fingerprint density at radius 1 is 1.17 bits per heavy atom. The fourth-order valence-electron chi connectivity index (χ4n) is 2.07. The Hall–Kier alpha value is -2.60. The quantitative estimate of drug-likeness (QED) is 0.751. The van der Waals surface area contributed by atoms with Crippen LogP contribution < -0.4 is 10.6 Å². The van der Waals surface area contributed by atoms with Crippen molar-refractivity contribution in [1.29, 1.82) is 0 Å². The number of rotatable bonds is 4. The lowest BCUT2D eigenvalue weighted by Crippen LogP contribution is -2.43. The van der Waals surface area contributed by atoms with Crippen LogP contribution in [0.3, 0.4) is 0 Å². The highest BCUT2D eigenvalue weighted by molar-refractivity contribution is 6.39. The van der Waals surface area contributed by atoms with Gasteiger partial charge in [0.1, 0.15) is 11.4 Å². The molecule has 0 fully saturated rings. The van der Waals surface area contributed by atoms with Gasteiger partial charge in [-0.15, -0.1) is 0 Å². The zero-order valence-electron chi connectivity index (χ0n) is 13.3. The molecule has 0 saturated carbocycles. The number of aliphatic hydroxyl groups is 1. The molecule has 2 amide bonds. The molecule has 0 aliphatic carbocycles. The zero-order valence-corrected chi connectivity index (χ0v) is 13.3. The number of benzene rings is 1. The molecule has 1 heterocycles. The van der Waals surface area contributed by atoms with Crippen LogP contribution in [0.4, 0.5) is 5.69 Å². The van der Waals surface area contributed by atoms with Gasteiger partial charge >= 0.3 is 11.8 Å². The van der Waals surface area contributed by atoms with E-state index in [1.54, 1.807) is 24.3 Å². The highest BCUT2D eigenvalue weighted by Crippen LogP contribution is 2.20. The van der Waals surface area contributed by atoms with Gasteiger partial charge < -0.3 is 20.2 Å². The van der Waals surface area contributed by atoms with Crippen LogP contribution in [0, 0.1) is 13.8 Å². The first-order chi connectivity index (χ1) is 10.8. The van der Waals surface area contributed by atoms with Crippen LogP contribution in [-0.2, 0) is 15.2 Å². The summed E-state index contributed by atoms with van der Waals surface area (Å²) in [5, 5.41) is 15.2. The van der Waals surface area contributed by atoms with Crippen molar-refractivity contribution >= 4 is 17.5 Å². The number of hydrogen-bond acceptors (Lipinski definition) is 4. The van der Waals surface area contributed by atoms with Crippen molar-refractivity contribution in [1.82, 2.24) is 5.32 Å². The number of anilines is 1. The number of carbonyl (C=O) groups is 2. The first kappa shape index (κ1) is 16.8. The normalized spacial score (nSPS) is 13.2. The molecule has 0 aliphatic heterocycles. The molecule has 0 bridgehead atoms. The monoisotopic (exact) mass is 316 g/mol. The molecule has 6 nitrogen and oxygen atoms in total. The summed E-state index contributed by atoms with van der Waals surface area (Å²) in [5.41, 5.74) is 1.11. The predicted molar refractivity (Wildman–Crippen MR) is 85.8 cm³/mol. The zero-order chi connectivity index (χ0) is 17.0. The van der Waals surface area contributed by atoms with Crippen LogP contribution in [0.1, 0.15) is 23.8 Å². The molecule has 0 radical (unpaired) electrons. The summed E-state index contributed by atoms with van der Waals surface area (Å²) in [6.45, 7) is 5.14. The summed E-state index contributed by atoms with van der Waals surface area (Å²) in [5.74, 6) is -1.29. The van der Waals surface area contributed by atoms with E-state index in [0.29, 0.717) is 11.4 Å². The average Bonchev–Trinajstić information content (AvgIpc) is 3.04. The van der Waals surface area contributed by atoms with E-state index < -0.39 is 17.4 Å². The van der Waals surface area contributed by atoms with E-state index in [4.69, 9.17) is 4.42 Å². The molecule has 6 heteroatoms. The third kappa shape index (κ3) is 3.98. The minimum Gasteiger partial charge on any atom is -0.466 e. The van der Waals surface area contributed by atoms with Crippen molar-refractivity contribution in [3.05, 3.63) is 53.5 Å². The Bertz CT molecular complexity index is 705. The topological polar surface area (TPSA) is 91.6 Å². The highest BCUT2D eigenvalue weighted by Gasteiger charge is 2.28. The molecule has 2 aromatic rings. The second-order valence-corrected chi connectivity index (χ2v) is 5.64. The fourth-order valence-corrected chi connectivity index (χ4v) is 2.07. The highest BCUT2D eigenvalue weighted by atomic mass is 16.4. The number of nitrogens with one attached hydrogen (secondary N) is 2. The molecular formula is C17H20N2O4. The smallest absolute Gasteiger partial charge is 0.313 e. The Morgan fingerprint density at radius 3 is 2.57 bits per heavy atom. The van der Waals surface area contributed by atoms with Crippen LogP contribution >= 0.6 is 0 Å². The third-order valence-electron chi connectivity index (χ3n) is 3.70. The second kappa shape index (κ2) is 6.66. The van der Waals surface area contributed by atoms with Gasteiger partial charge in [0.25, 0.3) is 0 Å². The average molecular weight is 316 g/mol. The molecule has 1 atom stereocenters. The van der Waals surface area contributed by atoms with Crippen molar-refractivity contribution < 1.29 is 19.1 Å². The summed E-state index contributed by atoms with van der Waals surface area (Å²) < 4.78 is 5.11. The summed E-state index contributed by atoms with van der Waals surface area (Å²) in [6, 6.07) is 8.69. The van der Waals surface area contributed by atoms with E-state index in [9.17, 15) is 14.7 Å². The largest absolute Gasteiger partial charge is 0.466 e. The maximum absolute atomic E-state index is 12.0. The number of furan rings is 1. The minimum atomic E-state index is -1.39. The van der Waals surface area contributed by atoms with Gasteiger partial charge in [-0.25, -0.2) is 0 Å². The molecule has 1 aromatic carbocycles. The second-order valence-electron chi connectivity index (χ2n) is 5.64. The van der Waals surface area contributed by atoms with Crippen LogP contribution in [0.5, 0.6) is 0 Å². The summed E-state index contributed by atoms with van der Waals surface area (Å²) in [4.78, 5) is 23.8. The van der Waals surface area contributed by atoms with Gasteiger partial charge in [-0.05, 0) is 50.1 Å². The van der Waals surface area contributed by atoms with Crippen molar-refractivity contribution in [3.8, 4) is 0 Å². The van der Waals surface area contributed by atoms with Crippen molar-refractivity contribution in [3.63, 3.8) is 0 Å². The maximum Gasteiger partial charge on any atom is 0.313 e. The maximum atomic E-state index is 12.0. The summed E-state index contributed by atoms with van der Waals surface area (Å²) in [7, 11) is 0. The SMILES string of the molecule is Cc1cccc(NC(=O)C(=O)NCC(C)(O)c2ccco2)c1C. The van der Waals surface area contributed by atoms with E-state index in [1.165, 1.54) is 13.2 Å². The first-order valence-corrected chi connectivity index (χ1v) is 7.23. The van der Waals surface area contributed by atoms with Gasteiger partial charge in [-0.2, -0.15) is 0 Å². The summed E-state index contributed by atoms with van der Waals surface area (Å²) >= 11 is 0. The Balaban J connectivity index is 1.95. The predicted octanol–water partition coefficient (Wildman–Crippen LogP) is 1.86. The molecule has 1 aromatic heterocycles. The summed E-state index contributed by atoms with van der Waals surface area (Å²) in [6.07, 6.45) is 1.43. The molecule has 0 saturated heterocycles.